The summed E-state index contributed by atoms with van der Waals surface area (Å²) in [5, 5.41) is 3.64. The minimum absolute atomic E-state index is 0.182. The molecule has 0 spiro atoms. The van der Waals surface area contributed by atoms with Gasteiger partial charge in [0, 0.05) is 24.5 Å². The number of hydrogen-bond acceptors (Lipinski definition) is 4. The van der Waals surface area contributed by atoms with Crippen molar-refractivity contribution >= 4 is 11.8 Å². The van der Waals surface area contributed by atoms with Crippen LogP contribution < -0.4 is 5.32 Å². The molecule has 0 amide bonds. The largest absolute Gasteiger partial charge is 0.313 e. The van der Waals surface area contributed by atoms with E-state index >= 15 is 0 Å². The first-order valence-electron chi connectivity index (χ1n) is 6.33. The third kappa shape index (κ3) is 4.25. The molecule has 3 nitrogen and oxygen atoms in total. The minimum Gasteiger partial charge on any atom is -0.313 e. The van der Waals surface area contributed by atoms with Crippen molar-refractivity contribution in [3.05, 3.63) is 47.8 Å². The first kappa shape index (κ1) is 14.9. The summed E-state index contributed by atoms with van der Waals surface area (Å²) in [4.78, 5) is 8.47. The molecule has 2 rings (SSSR count). The van der Waals surface area contributed by atoms with Gasteiger partial charge in [-0.2, -0.15) is 0 Å². The predicted octanol–water partition coefficient (Wildman–Crippen LogP) is 3.41. The molecule has 0 unspecified atom stereocenters. The third-order valence-corrected chi connectivity index (χ3v) is 3.46. The molecule has 2 aromatic rings. The van der Waals surface area contributed by atoms with Gasteiger partial charge in [0.2, 0.25) is 0 Å². The molecule has 1 aromatic carbocycles. The Hall–Kier alpha value is -1.53. The van der Waals surface area contributed by atoms with Crippen LogP contribution in [0.25, 0.3) is 0 Å². The van der Waals surface area contributed by atoms with Crippen LogP contribution in [0.5, 0.6) is 0 Å². The lowest BCUT2D eigenvalue weighted by Gasteiger charge is -2.04. The highest BCUT2D eigenvalue weighted by molar-refractivity contribution is 7.99. The van der Waals surface area contributed by atoms with Crippen LogP contribution in [0.3, 0.4) is 0 Å². The average Bonchev–Trinajstić information content (AvgIpc) is 2.45. The molecule has 106 valence electrons. The summed E-state index contributed by atoms with van der Waals surface area (Å²) in [7, 11) is 0. The second kappa shape index (κ2) is 7.31. The number of hydrogen-bond donors (Lipinski definition) is 1. The minimum atomic E-state index is -0.478. The first-order chi connectivity index (χ1) is 9.69. The highest BCUT2D eigenvalue weighted by Gasteiger charge is 2.08. The van der Waals surface area contributed by atoms with E-state index in [0.717, 1.165) is 48.5 Å². The van der Waals surface area contributed by atoms with Crippen molar-refractivity contribution in [3.63, 3.8) is 0 Å². The lowest BCUT2D eigenvalue weighted by Crippen LogP contribution is -2.14. The molecule has 1 heterocycles. The molecule has 0 bridgehead atoms. The topological polar surface area (TPSA) is 37.8 Å². The average molecular weight is 295 g/mol. The molecule has 0 saturated heterocycles. The van der Waals surface area contributed by atoms with Gasteiger partial charge in [-0.3, -0.25) is 0 Å². The van der Waals surface area contributed by atoms with Gasteiger partial charge in [-0.05, 0) is 42.9 Å². The van der Waals surface area contributed by atoms with E-state index in [1.54, 1.807) is 12.4 Å². The van der Waals surface area contributed by atoms with Gasteiger partial charge in [-0.1, -0.05) is 6.92 Å². The Morgan fingerprint density at radius 2 is 1.95 bits per heavy atom. The molecule has 1 aromatic heterocycles. The fourth-order valence-corrected chi connectivity index (χ4v) is 2.29. The summed E-state index contributed by atoms with van der Waals surface area (Å²) in [5.41, 5.74) is 0.961. The molecule has 0 aliphatic heterocycles. The van der Waals surface area contributed by atoms with Crippen LogP contribution in [-0.4, -0.2) is 16.5 Å². The van der Waals surface area contributed by atoms with E-state index in [1.165, 1.54) is 0 Å². The van der Waals surface area contributed by atoms with Crippen LogP contribution in [0, 0.1) is 11.6 Å². The van der Waals surface area contributed by atoms with E-state index in [4.69, 9.17) is 0 Å². The number of nitrogens with zero attached hydrogens (tertiary/aromatic N) is 2. The van der Waals surface area contributed by atoms with Crippen LogP contribution in [0.4, 0.5) is 8.78 Å². The zero-order valence-electron chi connectivity index (χ0n) is 11.1. The Morgan fingerprint density at radius 3 is 2.65 bits per heavy atom. The molecule has 1 N–H and O–H groups in total. The lowest BCUT2D eigenvalue weighted by atomic mass is 10.3. The van der Waals surface area contributed by atoms with Crippen molar-refractivity contribution in [1.82, 2.24) is 15.3 Å². The maximum absolute atomic E-state index is 13.5. The molecular weight excluding hydrogens is 280 g/mol. The first-order valence-corrected chi connectivity index (χ1v) is 7.15. The highest BCUT2D eigenvalue weighted by Crippen LogP contribution is 2.27. The van der Waals surface area contributed by atoms with Crippen molar-refractivity contribution in [2.45, 2.75) is 29.9 Å². The Kier molecular flexibility index (Phi) is 5.43. The Bertz CT molecular complexity index is 561. The van der Waals surface area contributed by atoms with Gasteiger partial charge >= 0.3 is 0 Å². The number of aromatic nitrogens is 2. The van der Waals surface area contributed by atoms with Crippen molar-refractivity contribution in [2.75, 3.05) is 6.54 Å². The van der Waals surface area contributed by atoms with Gasteiger partial charge in [0.25, 0.3) is 0 Å². The van der Waals surface area contributed by atoms with Crippen LogP contribution in [0.15, 0.2) is 40.6 Å². The van der Waals surface area contributed by atoms with E-state index in [0.29, 0.717) is 11.7 Å². The van der Waals surface area contributed by atoms with Crippen LogP contribution in [0.2, 0.25) is 0 Å². The number of halogens is 2. The van der Waals surface area contributed by atoms with Crippen LogP contribution in [0.1, 0.15) is 18.9 Å². The molecule has 6 heteroatoms. The molecule has 0 radical (unpaired) electrons. The number of benzene rings is 1. The van der Waals surface area contributed by atoms with E-state index in [9.17, 15) is 8.78 Å². The van der Waals surface area contributed by atoms with E-state index < -0.39 is 11.6 Å². The Labute approximate surface area is 120 Å². The van der Waals surface area contributed by atoms with E-state index in [-0.39, 0.29) is 4.90 Å². The van der Waals surface area contributed by atoms with Gasteiger partial charge in [0.1, 0.15) is 11.6 Å². The third-order valence-electron chi connectivity index (χ3n) is 2.53. The Morgan fingerprint density at radius 1 is 1.20 bits per heavy atom. The maximum atomic E-state index is 13.5. The molecule has 0 atom stereocenters. The van der Waals surface area contributed by atoms with Crippen molar-refractivity contribution in [2.24, 2.45) is 0 Å². The van der Waals surface area contributed by atoms with Gasteiger partial charge in [-0.15, -0.1) is 0 Å². The van der Waals surface area contributed by atoms with Crippen molar-refractivity contribution < 1.29 is 8.78 Å². The van der Waals surface area contributed by atoms with Gasteiger partial charge in [0.15, 0.2) is 5.16 Å². The second-order valence-corrected chi connectivity index (χ2v) is 5.24. The summed E-state index contributed by atoms with van der Waals surface area (Å²) >= 11 is 1.01. The summed E-state index contributed by atoms with van der Waals surface area (Å²) in [5.74, 6) is -0.956. The fourth-order valence-electron chi connectivity index (χ4n) is 1.55. The van der Waals surface area contributed by atoms with E-state index in [2.05, 4.69) is 22.2 Å². The molecular formula is C14H15F2N3S. The monoisotopic (exact) mass is 295 g/mol. The summed E-state index contributed by atoms with van der Waals surface area (Å²) in [6, 6.07) is 3.32. The summed E-state index contributed by atoms with van der Waals surface area (Å²) in [6.45, 7) is 3.73. The second-order valence-electron chi connectivity index (χ2n) is 4.23. The predicted molar refractivity (Wildman–Crippen MR) is 74.5 cm³/mol. The molecule has 0 saturated carbocycles. The zero-order valence-corrected chi connectivity index (χ0v) is 11.9. The molecule has 0 aliphatic rings. The van der Waals surface area contributed by atoms with Crippen LogP contribution >= 0.6 is 11.8 Å². The summed E-state index contributed by atoms with van der Waals surface area (Å²) in [6.07, 6.45) is 4.44. The summed E-state index contributed by atoms with van der Waals surface area (Å²) < 4.78 is 26.5. The normalized spacial score (nSPS) is 10.8. The molecule has 0 aliphatic carbocycles. The SMILES string of the molecule is CCCNCc1cnc(Sc2cc(F)ccc2F)nc1. The number of rotatable bonds is 6. The van der Waals surface area contributed by atoms with Crippen molar-refractivity contribution in [3.8, 4) is 0 Å². The molecule has 0 fully saturated rings. The lowest BCUT2D eigenvalue weighted by molar-refractivity contribution is 0.577. The van der Waals surface area contributed by atoms with Crippen molar-refractivity contribution in [1.29, 1.82) is 0 Å². The fraction of sp³-hybridized carbons (Fsp3) is 0.286. The smallest absolute Gasteiger partial charge is 0.192 e. The van der Waals surface area contributed by atoms with Crippen LogP contribution in [-0.2, 0) is 6.54 Å². The van der Waals surface area contributed by atoms with Gasteiger partial charge in [-0.25, -0.2) is 18.7 Å². The van der Waals surface area contributed by atoms with Gasteiger partial charge in [0.05, 0.1) is 4.90 Å². The number of nitrogens with one attached hydrogen (secondary N) is 1. The molecule has 20 heavy (non-hydrogen) atoms. The highest BCUT2D eigenvalue weighted by atomic mass is 32.2. The Balaban J connectivity index is 2.01. The van der Waals surface area contributed by atoms with E-state index in [1.807, 2.05) is 0 Å². The standard InChI is InChI=1S/C14H15F2N3S/c1-2-5-17-7-10-8-18-14(19-9-10)20-13-6-11(15)3-4-12(13)16/h3-4,6,8-9,17H,2,5,7H2,1H3. The van der Waals surface area contributed by atoms with Gasteiger partial charge < -0.3 is 5.32 Å². The maximum Gasteiger partial charge on any atom is 0.192 e. The zero-order chi connectivity index (χ0) is 14.4. The quantitative estimate of drug-likeness (QED) is 0.654.